The van der Waals surface area contributed by atoms with Crippen molar-refractivity contribution in [1.82, 2.24) is 4.90 Å². The fraction of sp³-hybridized carbons (Fsp3) is 0.318. The Bertz CT molecular complexity index is 896. The highest BCUT2D eigenvalue weighted by Crippen LogP contribution is 2.37. The second-order valence-corrected chi connectivity index (χ2v) is 8.18. The zero-order chi connectivity index (χ0) is 19.5. The number of carbonyl (C=O) groups excluding carboxylic acids is 2. The lowest BCUT2D eigenvalue weighted by atomic mass is 9.80. The molecule has 0 bridgehead atoms. The minimum absolute atomic E-state index is 0.0475. The van der Waals surface area contributed by atoms with Crippen LogP contribution in [0.15, 0.2) is 64.2 Å². The number of likely N-dealkylation sites (tertiary alicyclic amines) is 1. The third kappa shape index (κ3) is 4.02. The molecule has 1 aliphatic carbocycles. The van der Waals surface area contributed by atoms with Gasteiger partial charge in [-0.15, -0.1) is 0 Å². The monoisotopic (exact) mass is 440 g/mol. The van der Waals surface area contributed by atoms with Gasteiger partial charge in [-0.3, -0.25) is 14.5 Å². The highest BCUT2D eigenvalue weighted by molar-refractivity contribution is 9.10. The van der Waals surface area contributed by atoms with Crippen LogP contribution in [0.1, 0.15) is 30.4 Å². The summed E-state index contributed by atoms with van der Waals surface area (Å²) < 4.78 is 1.02. The second kappa shape index (κ2) is 8.27. The van der Waals surface area contributed by atoms with Crippen LogP contribution in [0.25, 0.3) is 0 Å². The van der Waals surface area contributed by atoms with Gasteiger partial charge < -0.3 is 4.84 Å². The van der Waals surface area contributed by atoms with E-state index in [2.05, 4.69) is 21.1 Å². The fourth-order valence-electron chi connectivity index (χ4n) is 3.87. The Kier molecular flexibility index (Phi) is 5.57. The number of fused-ring (bicyclic) bond motifs is 1. The first-order chi connectivity index (χ1) is 13.6. The number of rotatable bonds is 5. The van der Waals surface area contributed by atoms with Crippen molar-refractivity contribution in [1.29, 1.82) is 0 Å². The Morgan fingerprint density at radius 2 is 1.68 bits per heavy atom. The van der Waals surface area contributed by atoms with Gasteiger partial charge >= 0.3 is 0 Å². The molecule has 0 spiro atoms. The topological polar surface area (TPSA) is 59.0 Å². The molecule has 2 unspecified atom stereocenters. The molecule has 2 atom stereocenters. The predicted octanol–water partition coefficient (Wildman–Crippen LogP) is 4.31. The van der Waals surface area contributed by atoms with E-state index in [0.29, 0.717) is 32.4 Å². The SMILES string of the molecule is O=C1C2CC/C(=N/OCc3ccc(Br)cc3)CC2C(=O)N1Cc1ccccc1. The molecule has 4 rings (SSSR count). The van der Waals surface area contributed by atoms with E-state index in [1.54, 1.807) is 0 Å². The number of imide groups is 1. The lowest BCUT2D eigenvalue weighted by Crippen LogP contribution is -2.30. The van der Waals surface area contributed by atoms with Crippen LogP contribution in [0.4, 0.5) is 0 Å². The van der Waals surface area contributed by atoms with Crippen molar-refractivity contribution < 1.29 is 14.4 Å². The maximum absolute atomic E-state index is 12.8. The summed E-state index contributed by atoms with van der Waals surface area (Å²) in [6.07, 6.45) is 1.85. The molecule has 1 heterocycles. The minimum atomic E-state index is -0.306. The number of amides is 2. The van der Waals surface area contributed by atoms with Crippen LogP contribution in [-0.2, 0) is 27.6 Å². The number of oxime groups is 1. The number of halogens is 1. The van der Waals surface area contributed by atoms with E-state index >= 15 is 0 Å². The van der Waals surface area contributed by atoms with Crippen molar-refractivity contribution in [2.24, 2.45) is 17.0 Å². The smallest absolute Gasteiger partial charge is 0.233 e. The van der Waals surface area contributed by atoms with E-state index in [4.69, 9.17) is 4.84 Å². The Labute approximate surface area is 172 Å². The molecule has 144 valence electrons. The fourth-order valence-corrected chi connectivity index (χ4v) is 4.13. The Morgan fingerprint density at radius 3 is 2.43 bits per heavy atom. The molecule has 28 heavy (non-hydrogen) atoms. The molecule has 0 radical (unpaired) electrons. The third-order valence-corrected chi connectivity index (χ3v) is 5.90. The van der Waals surface area contributed by atoms with E-state index in [1.165, 1.54) is 4.90 Å². The molecule has 1 aliphatic heterocycles. The molecule has 0 N–H and O–H groups in total. The zero-order valence-electron chi connectivity index (χ0n) is 15.4. The molecule has 2 aromatic carbocycles. The van der Waals surface area contributed by atoms with Gasteiger partial charge in [-0.2, -0.15) is 0 Å². The van der Waals surface area contributed by atoms with Crippen molar-refractivity contribution in [3.63, 3.8) is 0 Å². The van der Waals surface area contributed by atoms with Gasteiger partial charge in [0, 0.05) is 10.9 Å². The van der Waals surface area contributed by atoms with E-state index in [0.717, 1.165) is 21.3 Å². The maximum atomic E-state index is 12.8. The van der Waals surface area contributed by atoms with Gasteiger partial charge in [-0.1, -0.05) is 63.6 Å². The first kappa shape index (κ1) is 18.9. The average molecular weight is 441 g/mol. The van der Waals surface area contributed by atoms with E-state index in [-0.39, 0.29) is 23.7 Å². The normalized spacial score (nSPS) is 23.2. The van der Waals surface area contributed by atoms with Gasteiger partial charge in [-0.05, 0) is 36.1 Å². The van der Waals surface area contributed by atoms with Crippen molar-refractivity contribution in [2.75, 3.05) is 0 Å². The van der Waals surface area contributed by atoms with Crippen LogP contribution >= 0.6 is 15.9 Å². The lowest BCUT2D eigenvalue weighted by molar-refractivity contribution is -0.140. The van der Waals surface area contributed by atoms with Crippen molar-refractivity contribution >= 4 is 33.5 Å². The number of benzene rings is 2. The maximum Gasteiger partial charge on any atom is 0.233 e. The molecule has 1 saturated heterocycles. The first-order valence-electron chi connectivity index (χ1n) is 9.43. The predicted molar refractivity (Wildman–Crippen MR) is 109 cm³/mol. The van der Waals surface area contributed by atoms with Crippen LogP contribution in [0.2, 0.25) is 0 Å². The van der Waals surface area contributed by atoms with Crippen LogP contribution in [0.5, 0.6) is 0 Å². The van der Waals surface area contributed by atoms with Crippen LogP contribution in [-0.4, -0.2) is 22.4 Å². The molecular weight excluding hydrogens is 420 g/mol. The molecule has 5 nitrogen and oxygen atoms in total. The highest BCUT2D eigenvalue weighted by atomic mass is 79.9. The van der Waals surface area contributed by atoms with Gasteiger partial charge in [-0.25, -0.2) is 0 Å². The summed E-state index contributed by atoms with van der Waals surface area (Å²) >= 11 is 3.41. The summed E-state index contributed by atoms with van der Waals surface area (Å²) in [4.78, 5) is 32.5. The number of nitrogens with zero attached hydrogens (tertiary/aromatic N) is 2. The second-order valence-electron chi connectivity index (χ2n) is 7.26. The van der Waals surface area contributed by atoms with Crippen molar-refractivity contribution in [2.45, 2.75) is 32.4 Å². The summed E-state index contributed by atoms with van der Waals surface area (Å²) in [5, 5.41) is 4.25. The van der Waals surface area contributed by atoms with Crippen molar-refractivity contribution in [3.8, 4) is 0 Å². The van der Waals surface area contributed by atoms with Crippen molar-refractivity contribution in [3.05, 3.63) is 70.2 Å². The largest absolute Gasteiger partial charge is 0.391 e. The van der Waals surface area contributed by atoms with Crippen LogP contribution in [0.3, 0.4) is 0 Å². The molecule has 2 aliphatic rings. The van der Waals surface area contributed by atoms with Crippen LogP contribution in [0, 0.1) is 11.8 Å². The summed E-state index contributed by atoms with van der Waals surface area (Å²) in [5.41, 5.74) is 2.86. The Morgan fingerprint density at radius 1 is 0.964 bits per heavy atom. The number of carbonyl (C=O) groups is 2. The highest BCUT2D eigenvalue weighted by Gasteiger charge is 2.49. The third-order valence-electron chi connectivity index (χ3n) is 5.37. The van der Waals surface area contributed by atoms with Gasteiger partial charge in [0.05, 0.1) is 24.1 Å². The molecule has 6 heteroatoms. The molecule has 0 aromatic heterocycles. The van der Waals surface area contributed by atoms with E-state index in [1.807, 2.05) is 54.6 Å². The minimum Gasteiger partial charge on any atom is -0.391 e. The summed E-state index contributed by atoms with van der Waals surface area (Å²) in [6, 6.07) is 17.5. The Balaban J connectivity index is 1.38. The first-order valence-corrected chi connectivity index (χ1v) is 10.2. The molecule has 2 aromatic rings. The summed E-state index contributed by atoms with van der Waals surface area (Å²) in [5.74, 6) is -0.658. The van der Waals surface area contributed by atoms with Gasteiger partial charge in [0.15, 0.2) is 0 Å². The molecule has 2 amide bonds. The number of hydrogen-bond donors (Lipinski definition) is 0. The molecular formula is C22H21BrN2O3. The molecule has 2 fully saturated rings. The zero-order valence-corrected chi connectivity index (χ0v) is 17.0. The standard InChI is InChI=1S/C22H21BrN2O3/c23-17-8-6-16(7-9-17)14-28-24-18-10-11-19-20(12-18)22(27)25(21(19)26)13-15-4-2-1-3-5-15/h1-9,19-20H,10-14H2/b24-18-. The average Bonchev–Trinajstić information content (AvgIpc) is 2.95. The summed E-state index contributed by atoms with van der Waals surface area (Å²) in [7, 11) is 0. The van der Waals surface area contributed by atoms with Gasteiger partial charge in [0.1, 0.15) is 6.61 Å². The lowest BCUT2D eigenvalue weighted by Gasteiger charge is -2.21. The van der Waals surface area contributed by atoms with Gasteiger partial charge in [0.2, 0.25) is 11.8 Å². The number of hydrogen-bond acceptors (Lipinski definition) is 4. The van der Waals surface area contributed by atoms with Gasteiger partial charge in [0.25, 0.3) is 0 Å². The molecule has 1 saturated carbocycles. The summed E-state index contributed by atoms with van der Waals surface area (Å²) in [6.45, 7) is 0.732. The van der Waals surface area contributed by atoms with E-state index in [9.17, 15) is 9.59 Å². The van der Waals surface area contributed by atoms with E-state index < -0.39 is 0 Å². The quantitative estimate of drug-likeness (QED) is 0.514. The van der Waals surface area contributed by atoms with Crippen LogP contribution < -0.4 is 0 Å². The Hall–Kier alpha value is -2.47.